The van der Waals surface area contributed by atoms with Crippen molar-refractivity contribution in [1.29, 1.82) is 0 Å². The summed E-state index contributed by atoms with van der Waals surface area (Å²) in [5, 5.41) is 0. The van der Waals surface area contributed by atoms with Crippen molar-refractivity contribution in [3.8, 4) is 0 Å². The third-order valence-electron chi connectivity index (χ3n) is 2.93. The highest BCUT2D eigenvalue weighted by atomic mass is 79.9. The van der Waals surface area contributed by atoms with Gasteiger partial charge in [0.25, 0.3) is 0 Å². The van der Waals surface area contributed by atoms with Crippen LogP contribution in [0.25, 0.3) is 0 Å². The number of anilines is 2. The van der Waals surface area contributed by atoms with Gasteiger partial charge < -0.3 is 4.90 Å². The molecule has 0 aliphatic heterocycles. The third-order valence-corrected chi connectivity index (χ3v) is 3.19. The standard InChI is InChI=1S/C19H18BrN/c1-16(20)10-9-11-17(2)21(18-12-5-3-6-13-18)19-14-7-4-8-15-19/h3-15H,2H2,1H3/b11-9-,16-10+. The van der Waals surface area contributed by atoms with Crippen molar-refractivity contribution in [2.75, 3.05) is 4.90 Å². The number of allylic oxidation sites excluding steroid dienone is 4. The molecule has 0 heterocycles. The summed E-state index contributed by atoms with van der Waals surface area (Å²) >= 11 is 3.42. The maximum Gasteiger partial charge on any atom is 0.0461 e. The second-order valence-corrected chi connectivity index (χ2v) is 5.86. The summed E-state index contributed by atoms with van der Waals surface area (Å²) in [6, 6.07) is 20.5. The molecule has 0 aliphatic carbocycles. The molecule has 0 aromatic heterocycles. The van der Waals surface area contributed by atoms with E-state index in [0.717, 1.165) is 21.6 Å². The van der Waals surface area contributed by atoms with Gasteiger partial charge in [-0.1, -0.05) is 71.1 Å². The van der Waals surface area contributed by atoms with Gasteiger partial charge in [-0.05, 0) is 41.7 Å². The van der Waals surface area contributed by atoms with Crippen LogP contribution in [-0.4, -0.2) is 0 Å². The lowest BCUT2D eigenvalue weighted by atomic mass is 10.2. The Morgan fingerprint density at radius 3 is 1.86 bits per heavy atom. The van der Waals surface area contributed by atoms with E-state index < -0.39 is 0 Å². The van der Waals surface area contributed by atoms with Crippen LogP contribution in [-0.2, 0) is 0 Å². The molecule has 0 aliphatic rings. The normalized spacial score (nSPS) is 11.6. The van der Waals surface area contributed by atoms with E-state index in [-0.39, 0.29) is 0 Å². The molecule has 0 atom stereocenters. The zero-order valence-electron chi connectivity index (χ0n) is 12.0. The minimum atomic E-state index is 0.914. The molecule has 0 spiro atoms. The molecule has 0 fully saturated rings. The lowest BCUT2D eigenvalue weighted by molar-refractivity contribution is 1.22. The van der Waals surface area contributed by atoms with Crippen LogP contribution in [0.15, 0.2) is 95.7 Å². The van der Waals surface area contributed by atoms with Crippen LogP contribution in [0.3, 0.4) is 0 Å². The van der Waals surface area contributed by atoms with Crippen molar-refractivity contribution >= 4 is 27.3 Å². The first-order valence-corrected chi connectivity index (χ1v) is 7.57. The Hall–Kier alpha value is -2.06. The number of hydrogen-bond acceptors (Lipinski definition) is 1. The van der Waals surface area contributed by atoms with Gasteiger partial charge in [0, 0.05) is 17.1 Å². The van der Waals surface area contributed by atoms with Crippen molar-refractivity contribution in [3.05, 3.63) is 95.7 Å². The Kier molecular flexibility index (Phi) is 5.59. The lowest BCUT2D eigenvalue weighted by Crippen LogP contribution is -2.13. The van der Waals surface area contributed by atoms with Crippen LogP contribution in [0.4, 0.5) is 11.4 Å². The van der Waals surface area contributed by atoms with E-state index >= 15 is 0 Å². The summed E-state index contributed by atoms with van der Waals surface area (Å²) in [6.45, 7) is 6.20. The molecule has 2 aromatic rings. The van der Waals surface area contributed by atoms with E-state index in [2.05, 4.69) is 51.7 Å². The molecule has 2 aromatic carbocycles. The molecule has 21 heavy (non-hydrogen) atoms. The van der Waals surface area contributed by atoms with Gasteiger partial charge in [0.05, 0.1) is 0 Å². The van der Waals surface area contributed by atoms with Crippen molar-refractivity contribution in [3.63, 3.8) is 0 Å². The van der Waals surface area contributed by atoms with Crippen molar-refractivity contribution < 1.29 is 0 Å². The van der Waals surface area contributed by atoms with Gasteiger partial charge in [-0.2, -0.15) is 0 Å². The zero-order chi connectivity index (χ0) is 15.1. The van der Waals surface area contributed by atoms with E-state index in [1.807, 2.05) is 61.5 Å². The largest absolute Gasteiger partial charge is 0.311 e. The molecule has 0 bridgehead atoms. The summed E-state index contributed by atoms with van der Waals surface area (Å²) in [6.07, 6.45) is 6.00. The highest BCUT2D eigenvalue weighted by molar-refractivity contribution is 9.11. The van der Waals surface area contributed by atoms with E-state index in [0.29, 0.717) is 0 Å². The van der Waals surface area contributed by atoms with Crippen molar-refractivity contribution in [2.24, 2.45) is 0 Å². The first-order chi connectivity index (χ1) is 10.2. The average molecular weight is 340 g/mol. The Morgan fingerprint density at radius 2 is 1.43 bits per heavy atom. The minimum absolute atomic E-state index is 0.914. The number of rotatable bonds is 5. The fraction of sp³-hybridized carbons (Fsp3) is 0.0526. The number of hydrogen-bond donors (Lipinski definition) is 0. The van der Waals surface area contributed by atoms with E-state index in [1.165, 1.54) is 0 Å². The second kappa shape index (κ2) is 7.65. The Bertz CT molecular complexity index is 598. The number of benzene rings is 2. The van der Waals surface area contributed by atoms with E-state index in [9.17, 15) is 0 Å². The molecule has 106 valence electrons. The molecule has 0 saturated carbocycles. The van der Waals surface area contributed by atoms with Gasteiger partial charge >= 0.3 is 0 Å². The summed E-state index contributed by atoms with van der Waals surface area (Å²) in [5.41, 5.74) is 3.10. The van der Waals surface area contributed by atoms with Gasteiger partial charge in [-0.15, -0.1) is 0 Å². The monoisotopic (exact) mass is 339 g/mol. The first kappa shape index (κ1) is 15.3. The maximum absolute atomic E-state index is 4.20. The summed E-state index contributed by atoms with van der Waals surface area (Å²) in [5.74, 6) is 0. The Labute approximate surface area is 135 Å². The van der Waals surface area contributed by atoms with Crippen LogP contribution >= 0.6 is 15.9 Å². The van der Waals surface area contributed by atoms with E-state index in [4.69, 9.17) is 0 Å². The van der Waals surface area contributed by atoms with Gasteiger partial charge in [0.1, 0.15) is 0 Å². The van der Waals surface area contributed by atoms with Crippen molar-refractivity contribution in [1.82, 2.24) is 0 Å². The van der Waals surface area contributed by atoms with Gasteiger partial charge in [-0.25, -0.2) is 0 Å². The topological polar surface area (TPSA) is 3.24 Å². The Balaban J connectivity index is 2.36. The minimum Gasteiger partial charge on any atom is -0.311 e. The van der Waals surface area contributed by atoms with Gasteiger partial charge in [0.15, 0.2) is 0 Å². The smallest absolute Gasteiger partial charge is 0.0461 e. The number of nitrogens with zero attached hydrogens (tertiary/aromatic N) is 1. The average Bonchev–Trinajstić information content (AvgIpc) is 2.49. The highest BCUT2D eigenvalue weighted by Gasteiger charge is 2.09. The Morgan fingerprint density at radius 1 is 0.952 bits per heavy atom. The van der Waals surface area contributed by atoms with Crippen LogP contribution in [0.1, 0.15) is 6.92 Å². The maximum atomic E-state index is 4.20. The molecule has 0 saturated heterocycles. The molecule has 0 N–H and O–H groups in total. The lowest BCUT2D eigenvalue weighted by Gasteiger charge is -2.25. The van der Waals surface area contributed by atoms with Crippen LogP contribution < -0.4 is 4.90 Å². The fourth-order valence-electron chi connectivity index (χ4n) is 2.00. The molecule has 0 radical (unpaired) electrons. The molecule has 2 heteroatoms. The van der Waals surface area contributed by atoms with Crippen LogP contribution in [0.2, 0.25) is 0 Å². The van der Waals surface area contributed by atoms with Crippen molar-refractivity contribution in [2.45, 2.75) is 6.92 Å². The second-order valence-electron chi connectivity index (χ2n) is 4.61. The molecular formula is C19H18BrN. The predicted octanol–water partition coefficient (Wildman–Crippen LogP) is 6.19. The molecule has 0 unspecified atom stereocenters. The van der Waals surface area contributed by atoms with E-state index in [1.54, 1.807) is 0 Å². The van der Waals surface area contributed by atoms with Crippen LogP contribution in [0.5, 0.6) is 0 Å². The number of para-hydroxylation sites is 2. The molecule has 1 nitrogen and oxygen atoms in total. The van der Waals surface area contributed by atoms with Gasteiger partial charge in [0.2, 0.25) is 0 Å². The molecular weight excluding hydrogens is 322 g/mol. The number of halogens is 1. The summed E-state index contributed by atoms with van der Waals surface area (Å²) < 4.78 is 1.08. The molecule has 0 amide bonds. The quantitative estimate of drug-likeness (QED) is 0.586. The summed E-state index contributed by atoms with van der Waals surface area (Å²) in [7, 11) is 0. The summed E-state index contributed by atoms with van der Waals surface area (Å²) in [4.78, 5) is 2.13. The fourth-order valence-corrected chi connectivity index (χ4v) is 2.15. The first-order valence-electron chi connectivity index (χ1n) is 6.78. The zero-order valence-corrected chi connectivity index (χ0v) is 13.6. The SMILES string of the molecule is C=C(/C=C\C=C(/C)Br)N(c1ccccc1)c1ccccc1. The third kappa shape index (κ3) is 4.47. The highest BCUT2D eigenvalue weighted by Crippen LogP contribution is 2.29. The van der Waals surface area contributed by atoms with Crippen LogP contribution in [0, 0.1) is 0 Å². The predicted molar refractivity (Wildman–Crippen MR) is 96.0 cm³/mol. The van der Waals surface area contributed by atoms with Gasteiger partial charge in [-0.3, -0.25) is 0 Å². The molecule has 2 rings (SSSR count).